The van der Waals surface area contributed by atoms with Crippen LogP contribution in [0.2, 0.25) is 0 Å². The van der Waals surface area contributed by atoms with Crippen LogP contribution in [-0.4, -0.2) is 39.8 Å². The Kier molecular flexibility index (Phi) is 4.48. The summed E-state index contributed by atoms with van der Waals surface area (Å²) >= 11 is 1.33. The summed E-state index contributed by atoms with van der Waals surface area (Å²) in [5.74, 6) is 2.26. The number of hydrogen-bond donors (Lipinski definition) is 1. The number of nitrogens with zero attached hydrogens (tertiary/aromatic N) is 4. The lowest BCUT2D eigenvalue weighted by Crippen LogP contribution is -2.56. The van der Waals surface area contributed by atoms with Crippen molar-refractivity contribution in [2.24, 2.45) is 4.99 Å². The first-order chi connectivity index (χ1) is 11.6. The van der Waals surface area contributed by atoms with Crippen molar-refractivity contribution in [3.63, 3.8) is 0 Å². The van der Waals surface area contributed by atoms with Gasteiger partial charge in [0.1, 0.15) is 11.6 Å². The van der Waals surface area contributed by atoms with Gasteiger partial charge in [0.15, 0.2) is 0 Å². The second-order valence-corrected chi connectivity index (χ2v) is 5.68. The molecule has 1 saturated heterocycles. The summed E-state index contributed by atoms with van der Waals surface area (Å²) in [6.07, 6.45) is 0. The molecule has 0 unspecified atom stereocenters. The van der Waals surface area contributed by atoms with E-state index in [9.17, 15) is 4.79 Å². The van der Waals surface area contributed by atoms with Gasteiger partial charge in [-0.25, -0.2) is 9.79 Å². The van der Waals surface area contributed by atoms with Gasteiger partial charge in [-0.2, -0.15) is 4.37 Å². The lowest BCUT2D eigenvalue weighted by atomic mass is 10.3. The minimum atomic E-state index is -0.233. The molecular formula is C16H17N5O2S. The fourth-order valence-corrected chi connectivity index (χ4v) is 2.62. The summed E-state index contributed by atoms with van der Waals surface area (Å²) in [5, 5.41) is 4.61. The number of carbonyl (C=O) groups excluding carboxylic acids is 1. The van der Waals surface area contributed by atoms with E-state index in [1.165, 1.54) is 11.5 Å². The van der Waals surface area contributed by atoms with E-state index in [1.807, 2.05) is 31.5 Å². The van der Waals surface area contributed by atoms with Crippen LogP contribution in [-0.2, 0) is 0 Å². The summed E-state index contributed by atoms with van der Waals surface area (Å²) in [6, 6.07) is 8.79. The van der Waals surface area contributed by atoms with Gasteiger partial charge in [-0.05, 0) is 42.7 Å². The molecule has 1 aliphatic heterocycles. The van der Waals surface area contributed by atoms with E-state index < -0.39 is 0 Å². The van der Waals surface area contributed by atoms with E-state index >= 15 is 0 Å². The average molecular weight is 343 g/mol. The molecule has 8 heteroatoms. The predicted molar refractivity (Wildman–Crippen MR) is 93.5 cm³/mol. The maximum atomic E-state index is 12.0. The number of rotatable bonds is 4. The highest BCUT2D eigenvalue weighted by Gasteiger charge is 2.28. The number of benzene rings is 1. The van der Waals surface area contributed by atoms with E-state index in [0.29, 0.717) is 35.6 Å². The molecule has 7 nitrogen and oxygen atoms in total. The summed E-state index contributed by atoms with van der Waals surface area (Å²) < 4.78 is 9.69. The van der Waals surface area contributed by atoms with E-state index in [1.54, 1.807) is 28.0 Å². The number of nitrogens with one attached hydrogen (secondary N) is 1. The highest BCUT2D eigenvalue weighted by molar-refractivity contribution is 7.03. The Labute approximate surface area is 144 Å². The average Bonchev–Trinajstić information content (AvgIpc) is 3.08. The summed E-state index contributed by atoms with van der Waals surface area (Å²) in [7, 11) is 1.81. The van der Waals surface area contributed by atoms with Crippen molar-refractivity contribution in [3.8, 4) is 11.6 Å². The summed E-state index contributed by atoms with van der Waals surface area (Å²) in [4.78, 5) is 19.8. The zero-order valence-electron chi connectivity index (χ0n) is 13.4. The van der Waals surface area contributed by atoms with Crippen molar-refractivity contribution >= 4 is 29.2 Å². The van der Waals surface area contributed by atoms with Crippen LogP contribution >= 0.6 is 11.5 Å². The van der Waals surface area contributed by atoms with Gasteiger partial charge in [-0.15, -0.1) is 0 Å². The van der Waals surface area contributed by atoms with Gasteiger partial charge < -0.3 is 9.64 Å². The predicted octanol–water partition coefficient (Wildman–Crippen LogP) is 3.37. The molecule has 0 saturated carbocycles. The number of aliphatic imine (C=N–C) groups is 1. The second-order valence-electron chi connectivity index (χ2n) is 5.02. The number of urea groups is 1. The van der Waals surface area contributed by atoms with E-state index in [0.717, 1.165) is 0 Å². The zero-order chi connectivity index (χ0) is 17.1. The third kappa shape index (κ3) is 3.23. The maximum absolute atomic E-state index is 12.0. The van der Waals surface area contributed by atoms with Crippen LogP contribution in [0.5, 0.6) is 11.6 Å². The van der Waals surface area contributed by atoms with Crippen LogP contribution in [0.4, 0.5) is 10.5 Å². The SMILES string of the molecule is C=C1N(C)C(=Nc2ccc(Oc3ccsn3)cc2)NC(=O)N1CC. The number of ether oxygens (including phenoxy) is 1. The highest BCUT2D eigenvalue weighted by Crippen LogP contribution is 2.24. The Morgan fingerprint density at radius 2 is 2.08 bits per heavy atom. The van der Waals surface area contributed by atoms with Crippen molar-refractivity contribution < 1.29 is 9.53 Å². The maximum Gasteiger partial charge on any atom is 0.329 e. The molecule has 1 aliphatic rings. The fraction of sp³-hybridized carbons (Fsp3) is 0.188. The third-order valence-electron chi connectivity index (χ3n) is 3.50. The van der Waals surface area contributed by atoms with Crippen LogP contribution in [0.25, 0.3) is 0 Å². The first kappa shape index (κ1) is 16.0. The number of hydrogen-bond acceptors (Lipinski definition) is 5. The first-order valence-corrected chi connectivity index (χ1v) is 8.20. The Hall–Kier alpha value is -2.87. The molecule has 24 heavy (non-hydrogen) atoms. The third-order valence-corrected chi connectivity index (χ3v) is 4.05. The van der Waals surface area contributed by atoms with Gasteiger partial charge in [-0.3, -0.25) is 10.2 Å². The van der Waals surface area contributed by atoms with E-state index in [4.69, 9.17) is 4.74 Å². The van der Waals surface area contributed by atoms with Gasteiger partial charge in [0.25, 0.3) is 0 Å². The lowest BCUT2D eigenvalue weighted by Gasteiger charge is -2.36. The molecule has 0 bridgehead atoms. The normalized spacial score (nSPS) is 16.5. The lowest BCUT2D eigenvalue weighted by molar-refractivity contribution is 0.200. The monoisotopic (exact) mass is 343 g/mol. The Morgan fingerprint density at radius 1 is 1.33 bits per heavy atom. The molecule has 0 spiro atoms. The molecule has 124 valence electrons. The molecule has 2 aromatic rings. The topological polar surface area (TPSA) is 70.1 Å². The van der Waals surface area contributed by atoms with Crippen molar-refractivity contribution in [2.45, 2.75) is 6.92 Å². The molecule has 1 aromatic carbocycles. The van der Waals surface area contributed by atoms with E-state index in [2.05, 4.69) is 21.3 Å². The second kappa shape index (κ2) is 6.71. The molecule has 0 radical (unpaired) electrons. The molecule has 2 heterocycles. The molecule has 0 aliphatic carbocycles. The molecule has 1 aromatic heterocycles. The number of carbonyl (C=O) groups is 1. The zero-order valence-corrected chi connectivity index (χ0v) is 14.2. The minimum absolute atomic E-state index is 0.233. The minimum Gasteiger partial charge on any atom is -0.438 e. The molecule has 0 atom stereocenters. The highest BCUT2D eigenvalue weighted by atomic mass is 32.1. The largest absolute Gasteiger partial charge is 0.438 e. The number of guanidine groups is 1. The quantitative estimate of drug-likeness (QED) is 0.924. The molecule has 1 fully saturated rings. The molecule has 1 N–H and O–H groups in total. The van der Waals surface area contributed by atoms with Gasteiger partial charge in [0.2, 0.25) is 11.8 Å². The Balaban J connectivity index is 1.76. The summed E-state index contributed by atoms with van der Waals surface area (Å²) in [6.45, 7) is 6.37. The standard InChI is InChI=1S/C16H17N5O2S/c1-4-21-11(2)20(3)15(18-16(21)22)17-12-5-7-13(8-6-12)23-14-9-10-24-19-14/h5-10H,2,4H2,1,3H3,(H,17,18,22). The molecular weight excluding hydrogens is 326 g/mol. The van der Waals surface area contributed by atoms with Crippen LogP contribution in [0.1, 0.15) is 6.92 Å². The van der Waals surface area contributed by atoms with E-state index in [-0.39, 0.29) is 6.03 Å². The molecule has 2 amide bonds. The van der Waals surface area contributed by atoms with Crippen LogP contribution < -0.4 is 10.1 Å². The van der Waals surface area contributed by atoms with Crippen LogP contribution in [0.3, 0.4) is 0 Å². The summed E-state index contributed by atoms with van der Waals surface area (Å²) in [5.41, 5.74) is 0.695. The van der Waals surface area contributed by atoms with Crippen LogP contribution in [0.15, 0.2) is 53.1 Å². The van der Waals surface area contributed by atoms with Crippen molar-refractivity contribution in [1.82, 2.24) is 19.5 Å². The van der Waals surface area contributed by atoms with Crippen molar-refractivity contribution in [3.05, 3.63) is 48.1 Å². The number of aromatic nitrogens is 1. The van der Waals surface area contributed by atoms with Gasteiger partial charge in [0, 0.05) is 25.0 Å². The smallest absolute Gasteiger partial charge is 0.329 e. The van der Waals surface area contributed by atoms with Crippen molar-refractivity contribution in [2.75, 3.05) is 13.6 Å². The fourth-order valence-electron chi connectivity index (χ4n) is 2.18. The van der Waals surface area contributed by atoms with Gasteiger partial charge in [0.05, 0.1) is 5.69 Å². The van der Waals surface area contributed by atoms with Gasteiger partial charge >= 0.3 is 6.03 Å². The van der Waals surface area contributed by atoms with Gasteiger partial charge in [-0.1, -0.05) is 6.58 Å². The van der Waals surface area contributed by atoms with Crippen molar-refractivity contribution in [1.29, 1.82) is 0 Å². The number of amides is 2. The molecule has 3 rings (SSSR count). The Bertz CT molecular complexity index is 770. The Morgan fingerprint density at radius 3 is 2.71 bits per heavy atom. The van der Waals surface area contributed by atoms with Crippen LogP contribution in [0, 0.1) is 0 Å². The first-order valence-electron chi connectivity index (χ1n) is 7.36.